The first-order valence-corrected chi connectivity index (χ1v) is 17.3. The molecule has 0 amide bonds. The molecule has 1 aromatic carbocycles. The van der Waals surface area contributed by atoms with E-state index in [2.05, 4.69) is 4.98 Å². The van der Waals surface area contributed by atoms with Gasteiger partial charge < -0.3 is 14.9 Å². The quantitative estimate of drug-likeness (QED) is 0.298. The van der Waals surface area contributed by atoms with Crippen molar-refractivity contribution in [1.29, 1.82) is 0 Å². The van der Waals surface area contributed by atoms with Gasteiger partial charge in [0.05, 0.1) is 24.3 Å². The van der Waals surface area contributed by atoms with Crippen LogP contribution in [0.3, 0.4) is 0 Å². The fourth-order valence-electron chi connectivity index (χ4n) is 4.03. The Morgan fingerprint density at radius 1 is 1.30 bits per heavy atom. The third-order valence-corrected chi connectivity index (χ3v) is 13.5. The fraction of sp³-hybridized carbons (Fsp3) is 0.583. The number of nitrogens with zero attached hydrogens (tertiary/aromatic N) is 2. The van der Waals surface area contributed by atoms with Crippen molar-refractivity contribution in [3.05, 3.63) is 57.3 Å². The number of benzene rings is 1. The van der Waals surface area contributed by atoms with Gasteiger partial charge in [-0.1, -0.05) is 38.4 Å². The summed E-state index contributed by atoms with van der Waals surface area (Å²) in [5.41, 5.74) is 4.83. The third kappa shape index (κ3) is 6.34. The fourth-order valence-corrected chi connectivity index (χ4v) is 6.84. The van der Waals surface area contributed by atoms with E-state index in [1.54, 1.807) is 13.1 Å². The molecule has 1 aromatic heterocycles. The van der Waals surface area contributed by atoms with Crippen LogP contribution >= 0.6 is 19.4 Å². The van der Waals surface area contributed by atoms with Gasteiger partial charge in [0, 0.05) is 12.6 Å². The van der Waals surface area contributed by atoms with Gasteiger partial charge in [0.2, 0.25) is 6.23 Å². The number of phosphoric ester groups is 1. The van der Waals surface area contributed by atoms with Crippen molar-refractivity contribution < 1.29 is 40.5 Å². The van der Waals surface area contributed by atoms with Gasteiger partial charge in [-0.2, -0.15) is 13.8 Å². The van der Waals surface area contributed by atoms with E-state index in [0.717, 1.165) is 12.3 Å². The summed E-state index contributed by atoms with van der Waals surface area (Å²) in [7, 11) is -7.12. The molecule has 2 N–H and O–H groups in total. The van der Waals surface area contributed by atoms with Gasteiger partial charge in [0.1, 0.15) is 23.8 Å². The Morgan fingerprint density at radius 3 is 2.62 bits per heavy atom. The Balaban J connectivity index is 1.59. The van der Waals surface area contributed by atoms with E-state index in [9.17, 15) is 13.8 Å². The summed E-state index contributed by atoms with van der Waals surface area (Å²) in [5, 5.41) is -0.539. The lowest BCUT2D eigenvalue weighted by atomic mass is 10.1. The van der Waals surface area contributed by atoms with Gasteiger partial charge in [-0.05, 0) is 41.9 Å². The van der Waals surface area contributed by atoms with Crippen LogP contribution in [0.25, 0.3) is 0 Å². The van der Waals surface area contributed by atoms with Crippen molar-refractivity contribution in [2.45, 2.75) is 75.8 Å². The van der Waals surface area contributed by atoms with Crippen LogP contribution in [-0.2, 0) is 27.3 Å². The average molecular weight is 626 g/mol. The molecule has 0 spiro atoms. The molecule has 0 saturated carbocycles. The average Bonchev–Trinajstić information content (AvgIpc) is 3.08. The van der Waals surface area contributed by atoms with Gasteiger partial charge in [-0.3, -0.25) is 18.1 Å². The summed E-state index contributed by atoms with van der Waals surface area (Å²) in [6.07, 6.45) is -5.02. The molecule has 2 fully saturated rings. The predicted molar refractivity (Wildman–Crippen MR) is 143 cm³/mol. The molecule has 2 saturated heterocycles. The Bertz CT molecular complexity index is 1360. The van der Waals surface area contributed by atoms with Crippen LogP contribution in [0.1, 0.15) is 45.1 Å². The van der Waals surface area contributed by atoms with Gasteiger partial charge in [-0.15, -0.1) is 0 Å². The lowest BCUT2D eigenvalue weighted by molar-refractivity contribution is -0.138. The molecule has 3 heterocycles. The molecule has 2 aromatic rings. The summed E-state index contributed by atoms with van der Waals surface area (Å²) in [5.74, 6) is -4.55. The van der Waals surface area contributed by atoms with Crippen LogP contribution in [0.4, 0.5) is 19.0 Å². The zero-order valence-electron chi connectivity index (χ0n) is 22.6. The Morgan fingerprint density at radius 2 is 2.00 bits per heavy atom. The molecule has 10 nitrogen and oxygen atoms in total. The van der Waals surface area contributed by atoms with Crippen molar-refractivity contribution >= 4 is 33.6 Å². The topological polar surface area (TPSA) is 124 Å². The number of halogens is 4. The number of aromatic nitrogens is 2. The highest BCUT2D eigenvalue weighted by Crippen LogP contribution is 2.58. The van der Waals surface area contributed by atoms with Crippen molar-refractivity contribution in [3.63, 3.8) is 0 Å². The van der Waals surface area contributed by atoms with E-state index in [1.807, 2.05) is 20.8 Å². The highest BCUT2D eigenvalue weighted by atomic mass is 35.5. The maximum atomic E-state index is 15.9. The molecule has 0 aliphatic carbocycles. The summed E-state index contributed by atoms with van der Waals surface area (Å²) in [6, 6.07) is 5.19. The van der Waals surface area contributed by atoms with E-state index in [4.69, 9.17) is 40.1 Å². The Labute approximate surface area is 235 Å². The summed E-state index contributed by atoms with van der Waals surface area (Å²) in [4.78, 5) is 15.9. The summed E-state index contributed by atoms with van der Waals surface area (Å²) in [6.45, 7) is 8.48. The minimum Gasteiger partial charge on any atom is -0.405 e. The Kier molecular flexibility index (Phi) is 8.68. The number of hydrogen-bond acceptors (Lipinski definition) is 9. The van der Waals surface area contributed by atoms with Crippen molar-refractivity contribution in [2.75, 3.05) is 18.9 Å². The standard InChI is InChI=1S/C24H32ClF3N3O7PSi/c1-23(2,3)40(4,5)38-20-18(36-21(24(20,27)28)31-10-8-19(29)30-22(31)32)13-35-39(33)34-11-9-17(37-39)14-6-7-15(25)16(26)12-14/h6-8,10,12,17-18,20-21H,9,11,13H2,1-5H3,(H2,29,30,32)/t17-,18-,20-,21-,39+/m1/s1. The van der Waals surface area contributed by atoms with Gasteiger partial charge >= 0.3 is 19.4 Å². The second-order valence-corrected chi connectivity index (χ2v) is 18.0. The third-order valence-electron chi connectivity index (χ3n) is 7.28. The lowest BCUT2D eigenvalue weighted by Crippen LogP contribution is -2.52. The first kappa shape index (κ1) is 31.2. The van der Waals surface area contributed by atoms with Crippen LogP contribution in [0.2, 0.25) is 23.2 Å². The van der Waals surface area contributed by atoms with Gasteiger partial charge in [0.25, 0.3) is 0 Å². The van der Waals surface area contributed by atoms with Crippen LogP contribution in [0, 0.1) is 5.82 Å². The number of anilines is 1. The number of ether oxygens (including phenoxy) is 1. The van der Waals surface area contributed by atoms with Crippen LogP contribution in [0.15, 0.2) is 35.3 Å². The molecule has 0 bridgehead atoms. The monoisotopic (exact) mass is 625 g/mol. The van der Waals surface area contributed by atoms with Crippen LogP contribution < -0.4 is 11.4 Å². The van der Waals surface area contributed by atoms with E-state index in [-0.39, 0.29) is 23.9 Å². The van der Waals surface area contributed by atoms with E-state index < -0.39 is 69.8 Å². The minimum absolute atomic E-state index is 0.0626. The maximum absolute atomic E-state index is 15.9. The predicted octanol–water partition coefficient (Wildman–Crippen LogP) is 5.84. The molecule has 5 atom stereocenters. The van der Waals surface area contributed by atoms with Crippen LogP contribution in [0.5, 0.6) is 0 Å². The normalized spacial score (nSPS) is 29.0. The second-order valence-electron chi connectivity index (χ2n) is 11.2. The SMILES string of the molecule is CC(C)(C)[Si](C)(C)O[C@@H]1[C@@H](CO[P@]2(=O)OCC[C@H](c3ccc(Cl)c(F)c3)O2)O[C@@H](n2ccc(N)nc2=O)C1(F)F. The molecule has 16 heteroatoms. The van der Waals surface area contributed by atoms with E-state index in [0.29, 0.717) is 10.1 Å². The molecule has 2 aliphatic rings. The molecule has 222 valence electrons. The Hall–Kier alpha value is -1.77. The number of nitrogen functional groups attached to an aromatic ring is 1. The number of phosphoric acid groups is 1. The summed E-state index contributed by atoms with van der Waals surface area (Å²) < 4.78 is 87.8. The lowest BCUT2D eigenvalue weighted by Gasteiger charge is -2.40. The molecule has 2 aliphatic heterocycles. The molecule has 0 unspecified atom stereocenters. The highest BCUT2D eigenvalue weighted by molar-refractivity contribution is 7.48. The first-order chi connectivity index (χ1) is 18.4. The number of nitrogens with two attached hydrogens (primary N) is 1. The maximum Gasteiger partial charge on any atom is 0.475 e. The van der Waals surface area contributed by atoms with Crippen molar-refractivity contribution in [1.82, 2.24) is 9.55 Å². The van der Waals surface area contributed by atoms with Gasteiger partial charge in [0.15, 0.2) is 8.32 Å². The number of rotatable bonds is 7. The smallest absolute Gasteiger partial charge is 0.405 e. The van der Waals surface area contributed by atoms with Crippen molar-refractivity contribution in [3.8, 4) is 0 Å². The van der Waals surface area contributed by atoms with Crippen molar-refractivity contribution in [2.24, 2.45) is 0 Å². The molecular weight excluding hydrogens is 594 g/mol. The number of alkyl halides is 2. The number of hydrogen-bond donors (Lipinski definition) is 1. The summed E-state index contributed by atoms with van der Waals surface area (Å²) >= 11 is 5.75. The largest absolute Gasteiger partial charge is 0.475 e. The van der Waals surface area contributed by atoms with Crippen LogP contribution in [-0.4, -0.2) is 49.2 Å². The minimum atomic E-state index is -4.30. The van der Waals surface area contributed by atoms with E-state index in [1.165, 1.54) is 18.2 Å². The first-order valence-electron chi connectivity index (χ1n) is 12.5. The zero-order valence-corrected chi connectivity index (χ0v) is 25.3. The second kappa shape index (κ2) is 11.1. The molecule has 40 heavy (non-hydrogen) atoms. The highest BCUT2D eigenvalue weighted by Gasteiger charge is 2.63. The van der Waals surface area contributed by atoms with Gasteiger partial charge in [-0.25, -0.2) is 13.8 Å². The van der Waals surface area contributed by atoms with E-state index >= 15 is 8.78 Å². The molecular formula is C24H32ClF3N3O7PSi. The molecule has 0 radical (unpaired) electrons. The molecule has 4 rings (SSSR count). The zero-order chi connectivity index (χ0) is 29.7.